The van der Waals surface area contributed by atoms with Crippen molar-refractivity contribution in [2.75, 3.05) is 6.61 Å². The van der Waals surface area contributed by atoms with Crippen molar-refractivity contribution in [1.82, 2.24) is 4.57 Å². The summed E-state index contributed by atoms with van der Waals surface area (Å²) < 4.78 is 7.28. The number of rotatable bonds is 4. The quantitative estimate of drug-likeness (QED) is 0.800. The zero-order valence-corrected chi connectivity index (χ0v) is 11.4. The molecule has 4 nitrogen and oxygen atoms in total. The Hall–Kier alpha value is -2.75. The lowest BCUT2D eigenvalue weighted by Gasteiger charge is -2.09. The number of nitrogens with zero attached hydrogens (tertiary/aromatic N) is 1. The van der Waals surface area contributed by atoms with Crippen molar-refractivity contribution in [2.24, 2.45) is 0 Å². The molecule has 0 spiro atoms. The summed E-state index contributed by atoms with van der Waals surface area (Å²) in [5, 5.41) is 11.5. The molecule has 106 valence electrons. The molecule has 0 unspecified atom stereocenters. The van der Waals surface area contributed by atoms with Crippen molar-refractivity contribution in [1.29, 1.82) is 0 Å². The smallest absolute Gasteiger partial charge is 0.250 e. The Bertz CT molecular complexity index is 823. The molecule has 0 saturated heterocycles. The Morgan fingerprint density at radius 2 is 1.86 bits per heavy atom. The van der Waals surface area contributed by atoms with E-state index in [-0.39, 0.29) is 11.3 Å². The van der Waals surface area contributed by atoms with Crippen molar-refractivity contribution in [2.45, 2.75) is 6.54 Å². The highest BCUT2D eigenvalue weighted by Gasteiger charge is 2.00. The van der Waals surface area contributed by atoms with E-state index in [1.165, 1.54) is 6.07 Å². The minimum Gasteiger partial charge on any atom is -0.508 e. The number of pyridine rings is 1. The Labute approximate surface area is 121 Å². The van der Waals surface area contributed by atoms with Gasteiger partial charge in [0.2, 0.25) is 0 Å². The fraction of sp³-hybridized carbons (Fsp3) is 0.118. The molecule has 2 aromatic carbocycles. The number of phenolic OH excluding ortho intramolecular Hbond substituents is 1. The molecule has 0 fully saturated rings. The van der Waals surface area contributed by atoms with E-state index in [1.807, 2.05) is 30.3 Å². The number of aromatic nitrogens is 1. The van der Waals surface area contributed by atoms with Gasteiger partial charge in [-0.2, -0.15) is 0 Å². The number of ether oxygens (including phenoxy) is 1. The summed E-state index contributed by atoms with van der Waals surface area (Å²) in [7, 11) is 0. The Balaban J connectivity index is 1.71. The van der Waals surface area contributed by atoms with Gasteiger partial charge in [0.25, 0.3) is 5.56 Å². The molecular formula is C17H15NO3. The minimum atomic E-state index is -0.0375. The van der Waals surface area contributed by atoms with Crippen LogP contribution in [0.3, 0.4) is 0 Å². The average molecular weight is 281 g/mol. The third kappa shape index (κ3) is 3.05. The fourth-order valence-corrected chi connectivity index (χ4v) is 2.21. The minimum absolute atomic E-state index is 0.0375. The zero-order chi connectivity index (χ0) is 14.7. The number of fused-ring (bicyclic) bond motifs is 1. The number of hydrogen-bond acceptors (Lipinski definition) is 3. The van der Waals surface area contributed by atoms with Crippen molar-refractivity contribution in [3.05, 3.63) is 71.1 Å². The first kappa shape index (κ1) is 13.2. The van der Waals surface area contributed by atoms with Crippen LogP contribution in [-0.4, -0.2) is 16.3 Å². The van der Waals surface area contributed by atoms with Gasteiger partial charge in [-0.1, -0.05) is 18.2 Å². The fourth-order valence-electron chi connectivity index (χ4n) is 2.21. The van der Waals surface area contributed by atoms with Crippen molar-refractivity contribution in [3.8, 4) is 11.5 Å². The zero-order valence-electron chi connectivity index (χ0n) is 11.4. The highest BCUT2D eigenvalue weighted by molar-refractivity contribution is 5.85. The summed E-state index contributed by atoms with van der Waals surface area (Å²) in [5.41, 5.74) is -0.0375. The number of aromatic hydroxyl groups is 1. The van der Waals surface area contributed by atoms with Crippen LogP contribution in [0.4, 0.5) is 0 Å². The Morgan fingerprint density at radius 3 is 2.71 bits per heavy atom. The standard InChI is InChI=1S/C17H15NO3/c19-15-6-4-13-5-7-16(12-14(13)11-15)21-10-9-18-8-2-1-3-17(18)20/h1-8,11-12,19H,9-10H2. The molecule has 0 aliphatic carbocycles. The van der Waals surface area contributed by atoms with Crippen LogP contribution in [-0.2, 0) is 6.54 Å². The molecule has 0 saturated carbocycles. The van der Waals surface area contributed by atoms with Gasteiger partial charge in [-0.3, -0.25) is 4.79 Å². The van der Waals surface area contributed by atoms with Gasteiger partial charge in [0, 0.05) is 12.3 Å². The lowest BCUT2D eigenvalue weighted by Crippen LogP contribution is -2.21. The maximum Gasteiger partial charge on any atom is 0.250 e. The summed E-state index contributed by atoms with van der Waals surface area (Å²) in [6, 6.07) is 16.0. The highest BCUT2D eigenvalue weighted by Crippen LogP contribution is 2.24. The number of phenols is 1. The molecular weight excluding hydrogens is 266 g/mol. The third-order valence-electron chi connectivity index (χ3n) is 3.30. The van der Waals surface area contributed by atoms with Gasteiger partial charge in [0.1, 0.15) is 18.1 Å². The molecule has 0 radical (unpaired) electrons. The molecule has 1 N–H and O–H groups in total. The van der Waals surface area contributed by atoms with Crippen LogP contribution in [0.1, 0.15) is 0 Å². The van der Waals surface area contributed by atoms with Gasteiger partial charge < -0.3 is 14.4 Å². The molecule has 3 aromatic rings. The second-order valence-electron chi connectivity index (χ2n) is 4.77. The molecule has 1 aromatic heterocycles. The molecule has 4 heteroatoms. The van der Waals surface area contributed by atoms with E-state index in [2.05, 4.69) is 0 Å². The molecule has 0 atom stereocenters. The van der Waals surface area contributed by atoms with E-state index >= 15 is 0 Å². The van der Waals surface area contributed by atoms with Crippen LogP contribution in [0.2, 0.25) is 0 Å². The summed E-state index contributed by atoms with van der Waals surface area (Å²) in [6.07, 6.45) is 1.74. The van der Waals surface area contributed by atoms with Gasteiger partial charge >= 0.3 is 0 Å². The monoisotopic (exact) mass is 281 g/mol. The summed E-state index contributed by atoms with van der Waals surface area (Å²) in [5.74, 6) is 0.951. The van der Waals surface area contributed by atoms with Crippen LogP contribution in [0.25, 0.3) is 10.8 Å². The number of hydrogen-bond donors (Lipinski definition) is 1. The van der Waals surface area contributed by atoms with Crippen LogP contribution in [0, 0.1) is 0 Å². The van der Waals surface area contributed by atoms with Crippen molar-refractivity contribution in [3.63, 3.8) is 0 Å². The Kier molecular flexibility index (Phi) is 3.60. The SMILES string of the molecule is O=c1ccccn1CCOc1ccc2ccc(O)cc2c1. The van der Waals surface area contributed by atoms with E-state index in [0.29, 0.717) is 13.2 Å². The van der Waals surface area contributed by atoms with E-state index in [1.54, 1.807) is 29.0 Å². The van der Waals surface area contributed by atoms with Crippen LogP contribution in [0.5, 0.6) is 11.5 Å². The largest absolute Gasteiger partial charge is 0.508 e. The highest BCUT2D eigenvalue weighted by atomic mass is 16.5. The maximum atomic E-state index is 11.6. The van der Waals surface area contributed by atoms with Crippen LogP contribution in [0.15, 0.2) is 65.6 Å². The predicted octanol–water partition coefficient (Wildman–Crippen LogP) is 2.79. The molecule has 21 heavy (non-hydrogen) atoms. The van der Waals surface area contributed by atoms with Crippen LogP contribution < -0.4 is 10.3 Å². The van der Waals surface area contributed by atoms with E-state index in [0.717, 1.165) is 16.5 Å². The van der Waals surface area contributed by atoms with E-state index in [4.69, 9.17) is 4.74 Å². The molecule has 0 aliphatic rings. The first-order valence-electron chi connectivity index (χ1n) is 6.73. The summed E-state index contributed by atoms with van der Waals surface area (Å²) >= 11 is 0. The topological polar surface area (TPSA) is 51.5 Å². The summed E-state index contributed by atoms with van der Waals surface area (Å²) in [4.78, 5) is 11.6. The lowest BCUT2D eigenvalue weighted by atomic mass is 10.1. The normalized spacial score (nSPS) is 10.7. The van der Waals surface area contributed by atoms with Gasteiger partial charge in [0.05, 0.1) is 6.54 Å². The maximum absolute atomic E-state index is 11.6. The average Bonchev–Trinajstić information content (AvgIpc) is 2.49. The first-order valence-corrected chi connectivity index (χ1v) is 6.73. The van der Waals surface area contributed by atoms with Crippen LogP contribution >= 0.6 is 0 Å². The lowest BCUT2D eigenvalue weighted by molar-refractivity contribution is 0.297. The summed E-state index contributed by atoms with van der Waals surface area (Å²) in [6.45, 7) is 0.909. The van der Waals surface area contributed by atoms with Crippen molar-refractivity contribution < 1.29 is 9.84 Å². The predicted molar refractivity (Wildman–Crippen MR) is 81.8 cm³/mol. The Morgan fingerprint density at radius 1 is 1.00 bits per heavy atom. The second-order valence-corrected chi connectivity index (χ2v) is 4.77. The second kappa shape index (κ2) is 5.71. The van der Waals surface area contributed by atoms with Gasteiger partial charge in [0.15, 0.2) is 0 Å². The molecule has 0 amide bonds. The van der Waals surface area contributed by atoms with Crippen molar-refractivity contribution >= 4 is 10.8 Å². The molecule has 0 aliphatic heterocycles. The van der Waals surface area contributed by atoms with Gasteiger partial charge in [-0.25, -0.2) is 0 Å². The van der Waals surface area contributed by atoms with E-state index in [9.17, 15) is 9.90 Å². The van der Waals surface area contributed by atoms with Gasteiger partial charge in [-0.15, -0.1) is 0 Å². The first-order chi connectivity index (χ1) is 10.2. The third-order valence-corrected chi connectivity index (χ3v) is 3.30. The molecule has 0 bridgehead atoms. The van der Waals surface area contributed by atoms with E-state index < -0.39 is 0 Å². The van der Waals surface area contributed by atoms with Gasteiger partial charge in [-0.05, 0) is 41.1 Å². The number of benzene rings is 2. The molecule has 1 heterocycles. The molecule has 3 rings (SSSR count).